The topological polar surface area (TPSA) is 53.0 Å². The average Bonchev–Trinajstić information content (AvgIpc) is 3.33. The van der Waals surface area contributed by atoms with E-state index >= 15 is 0 Å². The minimum absolute atomic E-state index is 0.228. The van der Waals surface area contributed by atoms with Crippen molar-refractivity contribution in [1.82, 2.24) is 9.80 Å². The summed E-state index contributed by atoms with van der Waals surface area (Å²) in [4.78, 5) is 18.1. The Hall–Kier alpha value is -2.53. The van der Waals surface area contributed by atoms with Crippen LogP contribution in [-0.2, 0) is 11.3 Å². The molecule has 0 aliphatic carbocycles. The highest BCUT2D eigenvalue weighted by molar-refractivity contribution is 5.90. The van der Waals surface area contributed by atoms with Crippen molar-refractivity contribution in [2.24, 2.45) is 5.92 Å². The molecule has 3 heterocycles. The average molecular weight is 378 g/mol. The molecule has 3 aliphatic rings. The third-order valence-corrected chi connectivity index (χ3v) is 6.91. The maximum Gasteiger partial charge on any atom is 0.243 e. The van der Waals surface area contributed by atoms with Gasteiger partial charge in [0.25, 0.3) is 0 Å². The largest absolute Gasteiger partial charge is 0.508 e. The van der Waals surface area contributed by atoms with Crippen LogP contribution in [0.3, 0.4) is 0 Å². The summed E-state index contributed by atoms with van der Waals surface area (Å²) in [5.41, 5.74) is 1.92. The molecule has 5 heteroatoms. The first-order valence-electron chi connectivity index (χ1n) is 10.1. The highest BCUT2D eigenvalue weighted by Gasteiger charge is 2.65. The van der Waals surface area contributed by atoms with Crippen molar-refractivity contribution in [2.45, 2.75) is 37.4 Å². The first-order valence-corrected chi connectivity index (χ1v) is 10.1. The molecular formula is C23H26N2O3. The quantitative estimate of drug-likeness (QED) is 0.887. The Morgan fingerprint density at radius 2 is 2.04 bits per heavy atom. The van der Waals surface area contributed by atoms with Crippen molar-refractivity contribution in [3.63, 3.8) is 0 Å². The van der Waals surface area contributed by atoms with Gasteiger partial charge in [0, 0.05) is 25.0 Å². The third kappa shape index (κ3) is 2.53. The lowest BCUT2D eigenvalue weighted by atomic mass is 9.85. The summed E-state index contributed by atoms with van der Waals surface area (Å²) in [5.74, 6) is 1.78. The van der Waals surface area contributed by atoms with Gasteiger partial charge in [-0.2, -0.15) is 0 Å². The van der Waals surface area contributed by atoms with Crippen molar-refractivity contribution in [1.29, 1.82) is 0 Å². The Labute approximate surface area is 165 Å². The Morgan fingerprint density at radius 1 is 1.21 bits per heavy atom. The molecule has 1 spiro atoms. The number of amides is 1. The first kappa shape index (κ1) is 17.6. The van der Waals surface area contributed by atoms with E-state index in [2.05, 4.69) is 11.0 Å². The molecule has 0 saturated carbocycles. The molecule has 5 nitrogen and oxygen atoms in total. The van der Waals surface area contributed by atoms with E-state index in [0.717, 1.165) is 49.2 Å². The number of phenolic OH excluding ortho intramolecular Hbond substituents is 1. The maximum atomic E-state index is 13.6. The minimum Gasteiger partial charge on any atom is -0.508 e. The summed E-state index contributed by atoms with van der Waals surface area (Å²) in [6.45, 7) is 2.43. The fourth-order valence-corrected chi connectivity index (χ4v) is 5.71. The summed E-state index contributed by atoms with van der Waals surface area (Å²) in [6, 6.07) is 15.8. The van der Waals surface area contributed by atoms with Gasteiger partial charge in [0.2, 0.25) is 5.91 Å². The minimum atomic E-state index is -0.345. The van der Waals surface area contributed by atoms with Gasteiger partial charge < -0.3 is 14.7 Å². The second kappa shape index (κ2) is 6.52. The highest BCUT2D eigenvalue weighted by atomic mass is 16.5. The summed E-state index contributed by atoms with van der Waals surface area (Å²) in [5, 5.41) is 9.91. The van der Waals surface area contributed by atoms with Crippen molar-refractivity contribution >= 4 is 5.91 Å². The van der Waals surface area contributed by atoms with Crippen LogP contribution in [0, 0.1) is 5.92 Å². The predicted octanol–water partition coefficient (Wildman–Crippen LogP) is 3.34. The van der Waals surface area contributed by atoms with E-state index in [4.69, 9.17) is 4.74 Å². The Morgan fingerprint density at radius 3 is 2.79 bits per heavy atom. The summed E-state index contributed by atoms with van der Waals surface area (Å²) in [7, 11) is 1.66. The highest BCUT2D eigenvalue weighted by Crippen LogP contribution is 2.56. The van der Waals surface area contributed by atoms with Crippen LogP contribution in [0.2, 0.25) is 0 Å². The lowest BCUT2D eigenvalue weighted by Crippen LogP contribution is -2.49. The summed E-state index contributed by atoms with van der Waals surface area (Å²) in [6.07, 6.45) is 2.99. The molecule has 3 fully saturated rings. The number of hydrogen-bond donors (Lipinski definition) is 1. The van der Waals surface area contributed by atoms with E-state index < -0.39 is 0 Å². The third-order valence-electron chi connectivity index (χ3n) is 6.91. The van der Waals surface area contributed by atoms with Gasteiger partial charge in [-0.25, -0.2) is 0 Å². The molecule has 1 N–H and O–H groups in total. The fraction of sp³-hybridized carbons (Fsp3) is 0.435. The number of hydrogen-bond acceptors (Lipinski definition) is 4. The van der Waals surface area contributed by atoms with Crippen LogP contribution in [-0.4, -0.2) is 46.6 Å². The lowest BCUT2D eigenvalue weighted by molar-refractivity contribution is -0.137. The molecule has 2 aromatic rings. The zero-order valence-corrected chi connectivity index (χ0v) is 16.2. The molecule has 3 aliphatic heterocycles. The number of carbonyl (C=O) groups is 1. The van der Waals surface area contributed by atoms with Crippen molar-refractivity contribution in [3.05, 3.63) is 59.7 Å². The fourth-order valence-electron chi connectivity index (χ4n) is 5.71. The van der Waals surface area contributed by atoms with E-state index in [9.17, 15) is 9.90 Å². The molecule has 146 valence electrons. The van der Waals surface area contributed by atoms with Crippen LogP contribution in [0.5, 0.6) is 11.5 Å². The SMILES string of the molecule is COc1ccc(CN2C[C@@H]3C[C@@H](c4cccc(O)c4)N4CCC[C@@]34C2=O)cc1. The molecule has 1 amide bonds. The Kier molecular flexibility index (Phi) is 4.09. The van der Waals surface area contributed by atoms with Crippen molar-refractivity contribution in [2.75, 3.05) is 20.2 Å². The number of methoxy groups -OCH3 is 1. The van der Waals surface area contributed by atoms with Gasteiger partial charge in [0.05, 0.1) is 7.11 Å². The van der Waals surface area contributed by atoms with Gasteiger partial charge in [0.1, 0.15) is 17.0 Å². The normalized spacial score (nSPS) is 29.2. The molecule has 3 atom stereocenters. The molecule has 0 aromatic heterocycles. The van der Waals surface area contributed by atoms with Gasteiger partial charge >= 0.3 is 0 Å². The second-order valence-electron chi connectivity index (χ2n) is 8.30. The van der Waals surface area contributed by atoms with Crippen LogP contribution in [0.15, 0.2) is 48.5 Å². The second-order valence-corrected chi connectivity index (χ2v) is 8.30. The number of likely N-dealkylation sites (tertiary alicyclic amines) is 1. The molecule has 0 bridgehead atoms. The molecule has 0 unspecified atom stereocenters. The van der Waals surface area contributed by atoms with Gasteiger partial charge in [-0.15, -0.1) is 0 Å². The van der Waals surface area contributed by atoms with Crippen molar-refractivity contribution in [3.8, 4) is 11.5 Å². The van der Waals surface area contributed by atoms with Crippen LogP contribution in [0.25, 0.3) is 0 Å². The Bertz CT molecular complexity index is 897. The Balaban J connectivity index is 1.39. The van der Waals surface area contributed by atoms with Crippen molar-refractivity contribution < 1.29 is 14.6 Å². The number of aromatic hydroxyl groups is 1. The van der Waals surface area contributed by atoms with Crippen LogP contribution in [0.4, 0.5) is 0 Å². The van der Waals surface area contributed by atoms with E-state index in [1.165, 1.54) is 0 Å². The van der Waals surface area contributed by atoms with Gasteiger partial charge in [-0.05, 0) is 61.2 Å². The smallest absolute Gasteiger partial charge is 0.243 e. The van der Waals surface area contributed by atoms with E-state index in [-0.39, 0.29) is 17.5 Å². The zero-order valence-electron chi connectivity index (χ0n) is 16.2. The van der Waals surface area contributed by atoms with E-state index in [0.29, 0.717) is 18.2 Å². The van der Waals surface area contributed by atoms with Gasteiger partial charge in [-0.3, -0.25) is 9.69 Å². The molecule has 2 aromatic carbocycles. The molecule has 28 heavy (non-hydrogen) atoms. The number of nitrogens with zero attached hydrogens (tertiary/aromatic N) is 2. The van der Waals surface area contributed by atoms with Crippen LogP contribution in [0.1, 0.15) is 36.4 Å². The first-order chi connectivity index (χ1) is 13.6. The van der Waals surface area contributed by atoms with Crippen LogP contribution >= 0.6 is 0 Å². The van der Waals surface area contributed by atoms with E-state index in [1.807, 2.05) is 41.3 Å². The number of phenols is 1. The van der Waals surface area contributed by atoms with Gasteiger partial charge in [-0.1, -0.05) is 24.3 Å². The summed E-state index contributed by atoms with van der Waals surface area (Å²) < 4.78 is 5.23. The predicted molar refractivity (Wildman–Crippen MR) is 106 cm³/mol. The summed E-state index contributed by atoms with van der Waals surface area (Å²) >= 11 is 0. The molecule has 5 rings (SSSR count). The lowest BCUT2D eigenvalue weighted by Gasteiger charge is -2.33. The van der Waals surface area contributed by atoms with E-state index in [1.54, 1.807) is 13.2 Å². The van der Waals surface area contributed by atoms with Crippen LogP contribution < -0.4 is 4.74 Å². The maximum absolute atomic E-state index is 13.6. The molecule has 0 radical (unpaired) electrons. The number of benzene rings is 2. The number of ether oxygens (including phenoxy) is 1. The molecule has 3 saturated heterocycles. The number of carbonyl (C=O) groups excluding carboxylic acids is 1. The zero-order chi connectivity index (χ0) is 19.3. The standard InChI is InChI=1S/C23H26N2O3/c1-28-20-8-6-16(7-9-20)14-24-15-18-13-21(17-4-2-5-19(26)12-17)25-11-3-10-23(18,25)22(24)27/h2,4-9,12,18,21,26H,3,10-11,13-15H2,1H3/t18-,21-,23-/m0/s1. The number of rotatable bonds is 4. The van der Waals surface area contributed by atoms with Gasteiger partial charge in [0.15, 0.2) is 0 Å². The monoisotopic (exact) mass is 378 g/mol. The molecular weight excluding hydrogens is 352 g/mol.